The first-order valence-electron chi connectivity index (χ1n) is 8.71. The maximum atomic E-state index is 12.3. The third-order valence-electron chi connectivity index (χ3n) is 4.31. The lowest BCUT2D eigenvalue weighted by Gasteiger charge is -2.15. The largest absolute Gasteiger partial charge is 0.454 e. The molecular weight excluding hydrogens is 382 g/mol. The standard InChI is InChI=1S/C19H19N3O7/c1-11(12-3-6-16-17(7-12)29-10-28-16)21-18(23)9-27-19(24)14-8-13(22(25)26)4-5-15(14)20-2/h3-8,11,20H,9-10H2,1-2H3,(H,21,23)/t11-/m0/s1. The van der Waals surface area contributed by atoms with Crippen molar-refractivity contribution in [2.24, 2.45) is 0 Å². The minimum atomic E-state index is -0.844. The van der Waals surface area contributed by atoms with Gasteiger partial charge < -0.3 is 24.8 Å². The Kier molecular flexibility index (Phi) is 5.82. The molecule has 0 bridgehead atoms. The number of carbonyl (C=O) groups excluding carboxylic acids is 2. The molecule has 1 aliphatic heterocycles. The highest BCUT2D eigenvalue weighted by atomic mass is 16.7. The molecule has 0 saturated carbocycles. The average molecular weight is 401 g/mol. The number of hydrogen-bond acceptors (Lipinski definition) is 8. The first-order valence-corrected chi connectivity index (χ1v) is 8.71. The molecule has 0 spiro atoms. The van der Waals surface area contributed by atoms with Gasteiger partial charge in [-0.2, -0.15) is 0 Å². The molecule has 2 aromatic carbocycles. The van der Waals surface area contributed by atoms with Crippen LogP contribution in [-0.2, 0) is 9.53 Å². The van der Waals surface area contributed by atoms with Crippen LogP contribution in [0.5, 0.6) is 11.5 Å². The first-order chi connectivity index (χ1) is 13.9. The molecule has 10 nitrogen and oxygen atoms in total. The van der Waals surface area contributed by atoms with Gasteiger partial charge in [0.05, 0.1) is 16.5 Å². The van der Waals surface area contributed by atoms with Crippen molar-refractivity contribution in [1.29, 1.82) is 0 Å². The average Bonchev–Trinajstić information content (AvgIpc) is 3.19. The quantitative estimate of drug-likeness (QED) is 0.411. The SMILES string of the molecule is CNc1ccc([N+](=O)[O-])cc1C(=O)OCC(=O)N[C@@H](C)c1ccc2c(c1)OCO2. The second-order valence-corrected chi connectivity index (χ2v) is 6.22. The summed E-state index contributed by atoms with van der Waals surface area (Å²) < 4.78 is 15.6. The molecule has 2 N–H and O–H groups in total. The van der Waals surface area contributed by atoms with Crippen molar-refractivity contribution in [2.75, 3.05) is 25.8 Å². The molecule has 3 rings (SSSR count). The van der Waals surface area contributed by atoms with Crippen LogP contribution in [0.25, 0.3) is 0 Å². The second kappa shape index (κ2) is 8.46. The molecule has 0 fully saturated rings. The number of rotatable bonds is 7. The second-order valence-electron chi connectivity index (χ2n) is 6.22. The lowest BCUT2D eigenvalue weighted by molar-refractivity contribution is -0.384. The zero-order chi connectivity index (χ0) is 21.0. The Morgan fingerprint density at radius 1 is 1.21 bits per heavy atom. The van der Waals surface area contributed by atoms with Gasteiger partial charge in [-0.1, -0.05) is 6.07 Å². The molecule has 1 amide bonds. The molecule has 0 radical (unpaired) electrons. The predicted molar refractivity (Wildman–Crippen MR) is 102 cm³/mol. The molecular formula is C19H19N3O7. The number of amides is 1. The summed E-state index contributed by atoms with van der Waals surface area (Å²) in [5.74, 6) is -0.123. The summed E-state index contributed by atoms with van der Waals surface area (Å²) in [6.45, 7) is 1.40. The molecule has 1 atom stereocenters. The Morgan fingerprint density at radius 2 is 1.97 bits per heavy atom. The fourth-order valence-corrected chi connectivity index (χ4v) is 2.79. The number of fused-ring (bicyclic) bond motifs is 1. The highest BCUT2D eigenvalue weighted by Crippen LogP contribution is 2.34. The van der Waals surface area contributed by atoms with Crippen LogP contribution in [0.3, 0.4) is 0 Å². The van der Waals surface area contributed by atoms with Crippen LogP contribution < -0.4 is 20.1 Å². The van der Waals surface area contributed by atoms with Crippen molar-refractivity contribution in [3.63, 3.8) is 0 Å². The third-order valence-corrected chi connectivity index (χ3v) is 4.31. The fraction of sp³-hybridized carbons (Fsp3) is 0.263. The number of hydrogen-bond donors (Lipinski definition) is 2. The van der Waals surface area contributed by atoms with E-state index in [4.69, 9.17) is 14.2 Å². The molecule has 2 aromatic rings. The summed E-state index contributed by atoms with van der Waals surface area (Å²) in [6.07, 6.45) is 0. The molecule has 152 valence electrons. The lowest BCUT2D eigenvalue weighted by Crippen LogP contribution is -2.31. The van der Waals surface area contributed by atoms with Gasteiger partial charge in [-0.05, 0) is 30.7 Å². The summed E-state index contributed by atoms with van der Waals surface area (Å²) in [6, 6.07) is 8.72. The number of nitrogens with zero attached hydrogens (tertiary/aromatic N) is 1. The molecule has 0 unspecified atom stereocenters. The summed E-state index contributed by atoms with van der Waals surface area (Å²) in [5.41, 5.74) is 0.870. The number of ether oxygens (including phenoxy) is 3. The maximum Gasteiger partial charge on any atom is 0.341 e. The molecule has 0 aromatic heterocycles. The normalized spacial score (nSPS) is 12.8. The Labute approximate surface area is 165 Å². The van der Waals surface area contributed by atoms with Gasteiger partial charge in [0.2, 0.25) is 6.79 Å². The van der Waals surface area contributed by atoms with Gasteiger partial charge in [0.1, 0.15) is 0 Å². The molecule has 0 aliphatic carbocycles. The van der Waals surface area contributed by atoms with Crippen molar-refractivity contribution in [1.82, 2.24) is 5.32 Å². The monoisotopic (exact) mass is 401 g/mol. The topological polar surface area (TPSA) is 129 Å². The van der Waals surface area contributed by atoms with E-state index in [0.717, 1.165) is 11.6 Å². The maximum absolute atomic E-state index is 12.3. The number of carbonyl (C=O) groups is 2. The van der Waals surface area contributed by atoms with E-state index in [0.29, 0.717) is 17.2 Å². The van der Waals surface area contributed by atoms with Crippen molar-refractivity contribution in [3.8, 4) is 11.5 Å². The van der Waals surface area contributed by atoms with E-state index in [2.05, 4.69) is 10.6 Å². The van der Waals surface area contributed by atoms with Crippen LogP contribution >= 0.6 is 0 Å². The number of nitro groups is 1. The molecule has 0 saturated heterocycles. The Hall–Kier alpha value is -3.82. The minimum absolute atomic E-state index is 0.0293. The zero-order valence-corrected chi connectivity index (χ0v) is 15.8. The van der Waals surface area contributed by atoms with Crippen LogP contribution in [-0.4, -0.2) is 37.2 Å². The molecule has 10 heteroatoms. The van der Waals surface area contributed by atoms with E-state index in [-0.39, 0.29) is 24.1 Å². The van der Waals surface area contributed by atoms with Gasteiger partial charge in [-0.25, -0.2) is 4.79 Å². The van der Waals surface area contributed by atoms with Crippen molar-refractivity contribution >= 4 is 23.3 Å². The van der Waals surface area contributed by atoms with E-state index >= 15 is 0 Å². The molecule has 29 heavy (non-hydrogen) atoms. The Balaban J connectivity index is 1.59. The Bertz CT molecular complexity index is 961. The van der Waals surface area contributed by atoms with Crippen LogP contribution in [0.2, 0.25) is 0 Å². The summed E-state index contributed by atoms with van der Waals surface area (Å²) in [7, 11) is 1.57. The predicted octanol–water partition coefficient (Wildman–Crippen LogP) is 2.40. The van der Waals surface area contributed by atoms with Gasteiger partial charge in [-0.15, -0.1) is 0 Å². The summed E-state index contributed by atoms with van der Waals surface area (Å²) >= 11 is 0. The van der Waals surface area contributed by atoms with Gasteiger partial charge in [0.15, 0.2) is 18.1 Å². The number of nitrogens with one attached hydrogen (secondary N) is 2. The minimum Gasteiger partial charge on any atom is -0.454 e. The van der Waals surface area contributed by atoms with E-state index in [1.54, 1.807) is 32.2 Å². The number of anilines is 1. The van der Waals surface area contributed by atoms with E-state index in [9.17, 15) is 19.7 Å². The highest BCUT2D eigenvalue weighted by Gasteiger charge is 2.20. The van der Waals surface area contributed by atoms with Gasteiger partial charge in [0.25, 0.3) is 11.6 Å². The highest BCUT2D eigenvalue weighted by molar-refractivity contribution is 5.97. The van der Waals surface area contributed by atoms with Crippen molar-refractivity contribution < 1.29 is 28.7 Å². The Morgan fingerprint density at radius 3 is 2.69 bits per heavy atom. The van der Waals surface area contributed by atoms with E-state index in [1.807, 2.05) is 0 Å². The van der Waals surface area contributed by atoms with Crippen LogP contribution in [0.1, 0.15) is 28.9 Å². The van der Waals surface area contributed by atoms with Gasteiger partial charge in [0, 0.05) is 24.9 Å². The molecule has 1 heterocycles. The number of non-ortho nitro benzene ring substituents is 1. The number of nitro benzene ring substituents is 1. The third kappa shape index (κ3) is 4.54. The van der Waals surface area contributed by atoms with Gasteiger partial charge >= 0.3 is 5.97 Å². The van der Waals surface area contributed by atoms with Crippen molar-refractivity contribution in [2.45, 2.75) is 13.0 Å². The van der Waals surface area contributed by atoms with Crippen LogP contribution in [0.4, 0.5) is 11.4 Å². The lowest BCUT2D eigenvalue weighted by atomic mass is 10.1. The molecule has 1 aliphatic rings. The van der Waals surface area contributed by atoms with Crippen LogP contribution in [0.15, 0.2) is 36.4 Å². The zero-order valence-electron chi connectivity index (χ0n) is 15.8. The number of esters is 1. The first kappa shape index (κ1) is 19.9. The van der Waals surface area contributed by atoms with Gasteiger partial charge in [-0.3, -0.25) is 14.9 Å². The summed E-state index contributed by atoms with van der Waals surface area (Å²) in [5, 5.41) is 16.4. The number of benzene rings is 2. The van der Waals surface area contributed by atoms with E-state index < -0.39 is 23.4 Å². The summed E-state index contributed by atoms with van der Waals surface area (Å²) in [4.78, 5) is 34.8. The van der Waals surface area contributed by atoms with Crippen LogP contribution in [0, 0.1) is 10.1 Å². The fourth-order valence-electron chi connectivity index (χ4n) is 2.79. The van der Waals surface area contributed by atoms with E-state index in [1.165, 1.54) is 12.1 Å². The smallest absolute Gasteiger partial charge is 0.341 e. The van der Waals surface area contributed by atoms with Crippen molar-refractivity contribution in [3.05, 3.63) is 57.6 Å².